The van der Waals surface area contributed by atoms with Crippen molar-refractivity contribution in [3.63, 3.8) is 0 Å². The van der Waals surface area contributed by atoms with E-state index in [-0.39, 0.29) is 18.5 Å². The van der Waals surface area contributed by atoms with Crippen LogP contribution >= 0.6 is 15.9 Å². The number of primary amides is 1. The lowest BCUT2D eigenvalue weighted by atomic mass is 10.1. The fourth-order valence-corrected chi connectivity index (χ4v) is 4.24. The average molecular weight is 524 g/mol. The van der Waals surface area contributed by atoms with E-state index in [0.29, 0.717) is 41.8 Å². The molecule has 0 unspecified atom stereocenters. The van der Waals surface area contributed by atoms with Gasteiger partial charge in [-0.1, -0.05) is 22.4 Å². The Morgan fingerprint density at radius 1 is 1.27 bits per heavy atom. The smallest absolute Gasteiger partial charge is 0.349 e. The highest BCUT2D eigenvalue weighted by molar-refractivity contribution is 9.10. The van der Waals surface area contributed by atoms with Gasteiger partial charge < -0.3 is 26.5 Å². The molecule has 1 aliphatic rings. The summed E-state index contributed by atoms with van der Waals surface area (Å²) in [5, 5.41) is 11.4. The van der Waals surface area contributed by atoms with Crippen molar-refractivity contribution in [2.24, 2.45) is 17.2 Å². The molecule has 1 aliphatic heterocycles. The molecule has 1 saturated heterocycles. The number of unbranched alkanes of at least 4 members (excludes halogenated alkanes) is 1. The predicted molar refractivity (Wildman–Crippen MR) is 122 cm³/mol. The third kappa shape index (κ3) is 5.41. The molecule has 12 heteroatoms. The molecule has 11 nitrogen and oxygen atoms in total. The van der Waals surface area contributed by atoms with E-state index in [4.69, 9.17) is 21.6 Å². The van der Waals surface area contributed by atoms with Crippen LogP contribution in [0, 0.1) is 0 Å². The molecule has 178 valence electrons. The number of halogens is 1. The molecule has 3 amide bonds. The molecule has 3 rings (SSSR count). The van der Waals surface area contributed by atoms with Crippen LogP contribution in [0.3, 0.4) is 0 Å². The van der Waals surface area contributed by atoms with Crippen molar-refractivity contribution >= 4 is 44.6 Å². The molecule has 1 fully saturated rings. The summed E-state index contributed by atoms with van der Waals surface area (Å²) in [5.74, 6) is -2.35. The first-order valence-electron chi connectivity index (χ1n) is 10.4. The number of nitrogens with two attached hydrogens (primary N) is 3. The lowest BCUT2D eigenvalue weighted by Gasteiger charge is -2.25. The van der Waals surface area contributed by atoms with Crippen LogP contribution in [-0.4, -0.2) is 64.1 Å². The van der Waals surface area contributed by atoms with Crippen LogP contribution in [-0.2, 0) is 9.59 Å². The summed E-state index contributed by atoms with van der Waals surface area (Å²) in [6, 6.07) is 3.32. The third-order valence-corrected chi connectivity index (χ3v) is 6.14. The minimum absolute atomic E-state index is 0.0940. The van der Waals surface area contributed by atoms with Gasteiger partial charge in [0.25, 0.3) is 11.8 Å². The van der Waals surface area contributed by atoms with Gasteiger partial charge in [-0.2, -0.15) is 0 Å². The first-order chi connectivity index (χ1) is 15.6. The number of fused-ring (bicyclic) bond motifs is 1. The van der Waals surface area contributed by atoms with Crippen molar-refractivity contribution in [1.29, 1.82) is 0 Å². The van der Waals surface area contributed by atoms with E-state index in [1.807, 2.05) is 0 Å². The summed E-state index contributed by atoms with van der Waals surface area (Å²) in [7, 11) is 0. The van der Waals surface area contributed by atoms with Crippen molar-refractivity contribution in [2.75, 3.05) is 13.1 Å². The Balaban J connectivity index is 1.82. The van der Waals surface area contributed by atoms with E-state index in [2.05, 4.69) is 15.9 Å². The van der Waals surface area contributed by atoms with Gasteiger partial charge in [0.1, 0.15) is 17.2 Å². The first-order valence-corrected chi connectivity index (χ1v) is 11.2. The number of hydroxylamine groups is 2. The lowest BCUT2D eigenvalue weighted by molar-refractivity contribution is -0.176. The van der Waals surface area contributed by atoms with Gasteiger partial charge >= 0.3 is 5.63 Å². The predicted octanol–water partition coefficient (Wildman–Crippen LogP) is 0.298. The Bertz CT molecular complexity index is 1120. The fraction of sp³-hybridized carbons (Fsp3) is 0.429. The number of rotatable bonds is 8. The fourth-order valence-electron chi connectivity index (χ4n) is 3.87. The highest BCUT2D eigenvalue weighted by Crippen LogP contribution is 2.25. The summed E-state index contributed by atoms with van der Waals surface area (Å²) in [4.78, 5) is 51.2. The second-order valence-electron chi connectivity index (χ2n) is 7.97. The summed E-state index contributed by atoms with van der Waals surface area (Å²) in [5.41, 5.74) is 15.9. The van der Waals surface area contributed by atoms with Gasteiger partial charge in [-0.05, 0) is 43.7 Å². The van der Waals surface area contributed by atoms with Gasteiger partial charge in [0.2, 0.25) is 5.91 Å². The molecule has 0 bridgehead atoms. The minimum Gasteiger partial charge on any atom is -0.422 e. The van der Waals surface area contributed by atoms with E-state index in [0.717, 1.165) is 9.37 Å². The zero-order valence-corrected chi connectivity index (χ0v) is 19.4. The van der Waals surface area contributed by atoms with Crippen LogP contribution < -0.4 is 22.8 Å². The SMILES string of the molecule is NCCCC[C@H](N)C(=O)N(O)[C@H]1C[C@@H](C(N)=O)N(C(=O)c2cc3cc(Br)ccc3oc2=O)C1. The normalized spacial score (nSPS) is 19.0. The van der Waals surface area contributed by atoms with E-state index >= 15 is 0 Å². The average Bonchev–Trinajstić information content (AvgIpc) is 3.23. The van der Waals surface area contributed by atoms with Gasteiger partial charge in [-0.15, -0.1) is 0 Å². The summed E-state index contributed by atoms with van der Waals surface area (Å²) in [6.07, 6.45) is 1.54. The Labute approximate surface area is 197 Å². The molecule has 0 aliphatic carbocycles. The number of nitrogens with zero attached hydrogens (tertiary/aromatic N) is 2. The van der Waals surface area contributed by atoms with Gasteiger partial charge in [0.15, 0.2) is 0 Å². The van der Waals surface area contributed by atoms with Crippen LogP contribution in [0.4, 0.5) is 0 Å². The molecular weight excluding hydrogens is 498 g/mol. The van der Waals surface area contributed by atoms with Crippen molar-refractivity contribution in [1.82, 2.24) is 9.96 Å². The molecule has 3 atom stereocenters. The molecule has 33 heavy (non-hydrogen) atoms. The van der Waals surface area contributed by atoms with Crippen LogP contribution in [0.1, 0.15) is 36.0 Å². The molecule has 0 saturated carbocycles. The first kappa shape index (κ1) is 24.8. The van der Waals surface area contributed by atoms with Crippen LogP contribution in [0.2, 0.25) is 0 Å². The van der Waals surface area contributed by atoms with Crippen LogP contribution in [0.15, 0.2) is 37.9 Å². The van der Waals surface area contributed by atoms with Gasteiger partial charge in [0, 0.05) is 22.8 Å². The zero-order valence-electron chi connectivity index (χ0n) is 17.8. The monoisotopic (exact) mass is 523 g/mol. The Kier molecular flexibility index (Phi) is 7.84. The van der Waals surface area contributed by atoms with Gasteiger partial charge in [-0.3, -0.25) is 19.6 Å². The molecular formula is C21H26BrN5O6. The van der Waals surface area contributed by atoms with Gasteiger partial charge in [-0.25, -0.2) is 9.86 Å². The van der Waals surface area contributed by atoms with Crippen molar-refractivity contribution in [3.05, 3.63) is 44.7 Å². The number of hydrogen-bond donors (Lipinski definition) is 4. The topological polar surface area (TPSA) is 186 Å². The van der Waals surface area contributed by atoms with E-state index in [9.17, 15) is 24.4 Å². The number of hydrogen-bond acceptors (Lipinski definition) is 8. The van der Waals surface area contributed by atoms with Gasteiger partial charge in [0.05, 0.1) is 12.1 Å². The summed E-state index contributed by atoms with van der Waals surface area (Å²) in [6.45, 7) is 0.254. The molecule has 0 spiro atoms. The highest BCUT2D eigenvalue weighted by atomic mass is 79.9. The third-order valence-electron chi connectivity index (χ3n) is 5.65. The highest BCUT2D eigenvalue weighted by Gasteiger charge is 2.43. The van der Waals surface area contributed by atoms with E-state index in [1.165, 1.54) is 6.07 Å². The van der Waals surface area contributed by atoms with Crippen molar-refractivity contribution in [3.8, 4) is 0 Å². The largest absolute Gasteiger partial charge is 0.422 e. The maximum atomic E-state index is 13.2. The Morgan fingerprint density at radius 2 is 2.00 bits per heavy atom. The van der Waals surface area contributed by atoms with Crippen LogP contribution in [0.25, 0.3) is 11.0 Å². The van der Waals surface area contributed by atoms with Crippen molar-refractivity contribution in [2.45, 2.75) is 43.8 Å². The lowest BCUT2D eigenvalue weighted by Crippen LogP contribution is -2.48. The minimum atomic E-state index is -1.13. The standard InChI is InChI=1S/C21H26BrN5O6/c22-12-4-5-17-11(7-12)8-14(21(31)33-17)19(29)26-10-13(9-16(26)18(25)28)27(32)20(30)15(24)3-1-2-6-23/h4-5,7-8,13,15-16,32H,1-3,6,9-10,23-24H2,(H2,25,28)/t13-,15-,16-/m0/s1. The Morgan fingerprint density at radius 3 is 2.67 bits per heavy atom. The number of carbonyl (C=O) groups excluding carboxylic acids is 3. The second kappa shape index (κ2) is 10.4. The zero-order chi connectivity index (χ0) is 24.3. The molecule has 1 aromatic heterocycles. The summed E-state index contributed by atoms with van der Waals surface area (Å²) < 4.78 is 5.95. The second-order valence-corrected chi connectivity index (χ2v) is 8.88. The quantitative estimate of drug-likeness (QED) is 0.164. The van der Waals surface area contributed by atoms with E-state index in [1.54, 1.807) is 18.2 Å². The molecule has 0 radical (unpaired) electrons. The molecule has 7 N–H and O–H groups in total. The number of amides is 3. The maximum Gasteiger partial charge on any atom is 0.349 e. The maximum absolute atomic E-state index is 13.2. The summed E-state index contributed by atoms with van der Waals surface area (Å²) >= 11 is 3.32. The number of likely N-dealkylation sites (tertiary alicyclic amines) is 1. The molecule has 2 heterocycles. The number of benzene rings is 1. The van der Waals surface area contributed by atoms with Crippen LogP contribution in [0.5, 0.6) is 0 Å². The number of carbonyl (C=O) groups is 3. The van der Waals surface area contributed by atoms with E-state index < -0.39 is 41.5 Å². The Hall–Kier alpha value is -2.80. The van der Waals surface area contributed by atoms with Crippen molar-refractivity contribution < 1.29 is 24.0 Å². The molecule has 1 aromatic carbocycles. The molecule has 2 aromatic rings.